The van der Waals surface area contributed by atoms with Crippen LogP contribution in [-0.2, 0) is 25.8 Å². The molecule has 0 saturated heterocycles. The third-order valence-corrected chi connectivity index (χ3v) is 7.47. The first-order chi connectivity index (χ1) is 12.3. The maximum Gasteiger partial charge on any atom is 0.141 e. The lowest BCUT2D eigenvalue weighted by atomic mass is 9.96. The van der Waals surface area contributed by atoms with Gasteiger partial charge in [-0.1, -0.05) is 0 Å². The number of thiophene rings is 2. The molecule has 5 rings (SSSR count). The summed E-state index contributed by atoms with van der Waals surface area (Å²) in [6, 6.07) is 2.27. The van der Waals surface area contributed by atoms with Crippen LogP contribution in [0.1, 0.15) is 39.3 Å². The average Bonchev–Trinajstić information content (AvgIpc) is 3.17. The molecule has 25 heavy (non-hydrogen) atoms. The van der Waals surface area contributed by atoms with E-state index in [0.29, 0.717) is 10.6 Å². The number of aromatic nitrogens is 2. The summed E-state index contributed by atoms with van der Waals surface area (Å²) in [4.78, 5) is 15.4. The van der Waals surface area contributed by atoms with E-state index in [2.05, 4.69) is 20.9 Å². The van der Waals surface area contributed by atoms with Crippen LogP contribution in [0.15, 0.2) is 6.33 Å². The van der Waals surface area contributed by atoms with Gasteiger partial charge in [0.05, 0.1) is 17.5 Å². The van der Waals surface area contributed by atoms with E-state index in [9.17, 15) is 5.26 Å². The zero-order chi connectivity index (χ0) is 17.0. The first kappa shape index (κ1) is 15.1. The maximum absolute atomic E-state index is 9.34. The second-order valence-corrected chi connectivity index (χ2v) is 8.84. The van der Waals surface area contributed by atoms with E-state index in [0.717, 1.165) is 42.1 Å². The Morgan fingerprint density at radius 3 is 2.84 bits per heavy atom. The fraction of sp³-hybridized carbons (Fsp3) is 0.389. The molecule has 3 aromatic rings. The summed E-state index contributed by atoms with van der Waals surface area (Å²) in [5.41, 5.74) is 9.32. The van der Waals surface area contributed by atoms with Crippen LogP contribution in [-0.4, -0.2) is 16.5 Å². The van der Waals surface area contributed by atoms with Crippen LogP contribution in [0.25, 0.3) is 10.2 Å². The lowest BCUT2D eigenvalue weighted by molar-refractivity contribution is 0.698. The summed E-state index contributed by atoms with van der Waals surface area (Å²) in [5, 5.41) is 11.2. The first-order valence-electron chi connectivity index (χ1n) is 8.56. The van der Waals surface area contributed by atoms with E-state index in [4.69, 9.17) is 5.73 Å². The van der Waals surface area contributed by atoms with Gasteiger partial charge in [-0.15, -0.1) is 22.7 Å². The van der Waals surface area contributed by atoms with Crippen molar-refractivity contribution in [1.82, 2.24) is 9.97 Å². The summed E-state index contributed by atoms with van der Waals surface area (Å²) in [6.45, 7) is 1.65. The highest BCUT2D eigenvalue weighted by Crippen LogP contribution is 2.41. The SMILES string of the molecule is N#Cc1c(N)sc2c1CCN(c1ncnc3sc4c(c13)CCCC4)C2. The van der Waals surface area contributed by atoms with E-state index in [1.54, 1.807) is 17.7 Å². The number of hydrogen-bond acceptors (Lipinski definition) is 7. The number of nitrogens with zero attached hydrogens (tertiary/aromatic N) is 4. The van der Waals surface area contributed by atoms with Crippen molar-refractivity contribution in [2.45, 2.75) is 38.6 Å². The van der Waals surface area contributed by atoms with Crippen LogP contribution >= 0.6 is 22.7 Å². The summed E-state index contributed by atoms with van der Waals surface area (Å²) in [7, 11) is 0. The molecular weight excluding hydrogens is 350 g/mol. The number of fused-ring (bicyclic) bond motifs is 4. The summed E-state index contributed by atoms with van der Waals surface area (Å²) in [6.07, 6.45) is 7.39. The van der Waals surface area contributed by atoms with E-state index in [1.807, 2.05) is 11.3 Å². The van der Waals surface area contributed by atoms with Gasteiger partial charge in [0.2, 0.25) is 0 Å². The fourth-order valence-electron chi connectivity index (χ4n) is 4.04. The van der Waals surface area contributed by atoms with E-state index < -0.39 is 0 Å². The van der Waals surface area contributed by atoms with Crippen LogP contribution in [0.5, 0.6) is 0 Å². The number of rotatable bonds is 1. The molecule has 7 heteroatoms. The summed E-state index contributed by atoms with van der Waals surface area (Å²) < 4.78 is 0. The Morgan fingerprint density at radius 2 is 1.96 bits per heavy atom. The zero-order valence-corrected chi connectivity index (χ0v) is 15.3. The van der Waals surface area contributed by atoms with Crippen molar-refractivity contribution in [3.8, 4) is 6.07 Å². The van der Waals surface area contributed by atoms with E-state index in [1.165, 1.54) is 40.0 Å². The Labute approximate surface area is 153 Å². The van der Waals surface area contributed by atoms with Crippen LogP contribution in [0, 0.1) is 11.3 Å². The zero-order valence-electron chi connectivity index (χ0n) is 13.7. The van der Waals surface area contributed by atoms with Crippen molar-refractivity contribution in [3.63, 3.8) is 0 Å². The topological polar surface area (TPSA) is 78.8 Å². The van der Waals surface area contributed by atoms with Crippen molar-refractivity contribution in [1.29, 1.82) is 5.26 Å². The van der Waals surface area contributed by atoms with E-state index in [-0.39, 0.29) is 0 Å². The lowest BCUT2D eigenvalue weighted by Gasteiger charge is -2.28. The highest BCUT2D eigenvalue weighted by Gasteiger charge is 2.27. The van der Waals surface area contributed by atoms with Gasteiger partial charge >= 0.3 is 0 Å². The second-order valence-electron chi connectivity index (χ2n) is 6.61. The highest BCUT2D eigenvalue weighted by atomic mass is 32.1. The highest BCUT2D eigenvalue weighted by molar-refractivity contribution is 7.19. The van der Waals surface area contributed by atoms with Gasteiger partial charge in [-0.3, -0.25) is 0 Å². The maximum atomic E-state index is 9.34. The predicted molar refractivity (Wildman–Crippen MR) is 102 cm³/mol. The Balaban J connectivity index is 1.60. The smallest absolute Gasteiger partial charge is 0.141 e. The summed E-state index contributed by atoms with van der Waals surface area (Å²) >= 11 is 3.38. The molecule has 0 radical (unpaired) electrons. The van der Waals surface area contributed by atoms with Crippen LogP contribution < -0.4 is 10.6 Å². The largest absolute Gasteiger partial charge is 0.389 e. The van der Waals surface area contributed by atoms with Crippen LogP contribution in [0.4, 0.5) is 10.8 Å². The molecule has 1 aliphatic carbocycles. The van der Waals surface area contributed by atoms with Gasteiger partial charge in [0, 0.05) is 16.3 Å². The minimum absolute atomic E-state index is 0.648. The van der Waals surface area contributed by atoms with Crippen LogP contribution in [0.3, 0.4) is 0 Å². The van der Waals surface area contributed by atoms with Crippen molar-refractivity contribution >= 4 is 43.7 Å². The minimum atomic E-state index is 0.648. The normalized spacial score (nSPS) is 16.5. The Morgan fingerprint density at radius 1 is 1.08 bits per heavy atom. The number of hydrogen-bond donors (Lipinski definition) is 1. The second kappa shape index (κ2) is 5.68. The third kappa shape index (κ3) is 2.25. The first-order valence-corrected chi connectivity index (χ1v) is 10.2. The van der Waals surface area contributed by atoms with Gasteiger partial charge in [-0.2, -0.15) is 5.26 Å². The van der Waals surface area contributed by atoms with Crippen LogP contribution in [0.2, 0.25) is 0 Å². The number of aryl methyl sites for hydroxylation is 2. The van der Waals surface area contributed by atoms with Gasteiger partial charge in [0.1, 0.15) is 28.0 Å². The molecule has 2 aliphatic rings. The van der Waals surface area contributed by atoms with Gasteiger partial charge in [0.15, 0.2) is 0 Å². The molecule has 4 heterocycles. The number of nitrogens with two attached hydrogens (primary N) is 1. The quantitative estimate of drug-likeness (QED) is 0.710. The molecule has 0 atom stereocenters. The van der Waals surface area contributed by atoms with Gasteiger partial charge < -0.3 is 10.6 Å². The van der Waals surface area contributed by atoms with Crippen molar-refractivity contribution in [2.24, 2.45) is 0 Å². The molecule has 0 unspecified atom stereocenters. The average molecular weight is 368 g/mol. The molecule has 126 valence electrons. The lowest BCUT2D eigenvalue weighted by Crippen LogP contribution is -2.30. The molecule has 0 spiro atoms. The number of nitriles is 1. The molecular formula is C18H17N5S2. The Kier molecular flexibility index (Phi) is 3.43. The van der Waals surface area contributed by atoms with Crippen molar-refractivity contribution in [3.05, 3.63) is 32.8 Å². The summed E-state index contributed by atoms with van der Waals surface area (Å²) in [5.74, 6) is 1.06. The Bertz CT molecular complexity index is 1030. The molecule has 3 aromatic heterocycles. The fourth-order valence-corrected chi connectivity index (χ4v) is 6.35. The van der Waals surface area contributed by atoms with Crippen molar-refractivity contribution < 1.29 is 0 Å². The molecule has 0 amide bonds. The number of nitrogen functional groups attached to an aromatic ring is 1. The number of anilines is 2. The molecule has 5 nitrogen and oxygen atoms in total. The monoisotopic (exact) mass is 367 g/mol. The van der Waals surface area contributed by atoms with Gasteiger partial charge in [-0.05, 0) is 43.2 Å². The minimum Gasteiger partial charge on any atom is -0.389 e. The van der Waals surface area contributed by atoms with E-state index >= 15 is 0 Å². The Hall–Kier alpha value is -2.17. The molecule has 1 aliphatic heterocycles. The van der Waals surface area contributed by atoms with Gasteiger partial charge in [0.25, 0.3) is 0 Å². The molecule has 0 aromatic carbocycles. The molecule has 2 N–H and O–H groups in total. The molecule has 0 bridgehead atoms. The van der Waals surface area contributed by atoms with Crippen molar-refractivity contribution in [2.75, 3.05) is 17.2 Å². The molecule has 0 fully saturated rings. The molecule has 0 saturated carbocycles. The predicted octanol–water partition coefficient (Wildman–Crippen LogP) is 3.65. The standard InChI is InChI=1S/C18H17N5S2/c19-7-12-10-5-6-23(8-14(10)24-16(12)20)17-15-11-3-1-2-4-13(11)25-18(15)22-9-21-17/h9H,1-6,8,20H2. The van der Waals surface area contributed by atoms with Gasteiger partial charge in [-0.25, -0.2) is 9.97 Å². The third-order valence-electron chi connectivity index (χ3n) is 5.23.